The summed E-state index contributed by atoms with van der Waals surface area (Å²) in [5.41, 5.74) is 5.11. The van der Waals surface area contributed by atoms with Crippen LogP contribution in [0.15, 0.2) is 36.4 Å². The molecule has 2 aromatic rings. The highest BCUT2D eigenvalue weighted by Crippen LogP contribution is 2.37. The first-order chi connectivity index (χ1) is 23.1. The molecule has 3 atom stereocenters. The number of rotatable bonds is 9. The number of para-hydroxylation sites is 1. The fourth-order valence-corrected chi connectivity index (χ4v) is 8.43. The quantitative estimate of drug-likeness (QED) is 0.380. The molecule has 1 aliphatic carbocycles. The van der Waals surface area contributed by atoms with Gasteiger partial charge in [0.15, 0.2) is 0 Å². The highest BCUT2D eigenvalue weighted by atomic mass is 16.5. The van der Waals surface area contributed by atoms with Crippen molar-refractivity contribution in [1.29, 1.82) is 5.26 Å². The van der Waals surface area contributed by atoms with E-state index in [9.17, 15) is 10.1 Å². The maximum absolute atomic E-state index is 13.3. The van der Waals surface area contributed by atoms with Crippen LogP contribution in [-0.2, 0) is 24.1 Å². The van der Waals surface area contributed by atoms with Crippen molar-refractivity contribution >= 4 is 17.4 Å². The van der Waals surface area contributed by atoms with Gasteiger partial charge in [0, 0.05) is 68.6 Å². The highest BCUT2D eigenvalue weighted by molar-refractivity contribution is 5.88. The molecule has 4 aliphatic heterocycles. The van der Waals surface area contributed by atoms with Crippen LogP contribution in [0.25, 0.3) is 0 Å². The van der Waals surface area contributed by atoms with Crippen molar-refractivity contribution < 1.29 is 9.53 Å². The Morgan fingerprint density at radius 2 is 1.87 bits per heavy atom. The van der Waals surface area contributed by atoms with E-state index in [4.69, 9.17) is 14.7 Å². The van der Waals surface area contributed by atoms with Crippen molar-refractivity contribution in [2.24, 2.45) is 0 Å². The number of likely N-dealkylation sites (tertiary alicyclic amines) is 2. The highest BCUT2D eigenvalue weighted by Gasteiger charge is 2.35. The van der Waals surface area contributed by atoms with Gasteiger partial charge in [0.05, 0.1) is 24.2 Å². The number of carbonyl (C=O) groups excluding carboxylic acids is 1. The summed E-state index contributed by atoms with van der Waals surface area (Å²) in [6.07, 6.45) is 13.9. The lowest BCUT2D eigenvalue weighted by molar-refractivity contribution is -0.128. The van der Waals surface area contributed by atoms with Gasteiger partial charge in [0.1, 0.15) is 12.4 Å². The van der Waals surface area contributed by atoms with Gasteiger partial charge in [-0.3, -0.25) is 9.69 Å². The Kier molecular flexibility index (Phi) is 9.92. The van der Waals surface area contributed by atoms with Gasteiger partial charge in [-0.05, 0) is 89.7 Å². The number of nitrogens with zero attached hydrogens (tertiary/aromatic N) is 8. The van der Waals surface area contributed by atoms with Gasteiger partial charge in [0.25, 0.3) is 0 Å². The average Bonchev–Trinajstić information content (AvgIpc) is 3.78. The van der Waals surface area contributed by atoms with Crippen molar-refractivity contribution in [2.45, 2.75) is 82.3 Å². The molecule has 1 aromatic carbocycles. The van der Waals surface area contributed by atoms with Gasteiger partial charge >= 0.3 is 6.01 Å². The molecule has 0 spiro atoms. The number of ether oxygens (including phenoxy) is 1. The molecule has 1 unspecified atom stereocenters. The second kappa shape index (κ2) is 14.6. The number of fused-ring (bicyclic) bond motifs is 2. The van der Waals surface area contributed by atoms with Crippen molar-refractivity contribution in [3.05, 3.63) is 53.2 Å². The predicted octanol–water partition coefficient (Wildman–Crippen LogP) is 3.84. The first kappa shape index (κ1) is 31.9. The van der Waals surface area contributed by atoms with Crippen molar-refractivity contribution in [2.75, 3.05) is 75.8 Å². The minimum absolute atomic E-state index is 0.00294. The van der Waals surface area contributed by atoms with Crippen LogP contribution in [0.4, 0.5) is 11.5 Å². The lowest BCUT2D eigenvalue weighted by atomic mass is 9.88. The summed E-state index contributed by atoms with van der Waals surface area (Å²) in [4.78, 5) is 35.1. The fraction of sp³-hybridized carbons (Fsp3) is 0.622. The van der Waals surface area contributed by atoms with E-state index in [2.05, 4.69) is 57.0 Å². The Morgan fingerprint density at radius 1 is 1.00 bits per heavy atom. The third-order valence-corrected chi connectivity index (χ3v) is 11.1. The van der Waals surface area contributed by atoms with Crippen LogP contribution in [0.1, 0.15) is 61.8 Å². The monoisotopic (exact) mass is 638 g/mol. The number of likely N-dealkylation sites (N-methyl/N-ethyl adjacent to an activating group) is 1. The summed E-state index contributed by atoms with van der Waals surface area (Å²) in [5.74, 6) is 0.935. The molecule has 10 heteroatoms. The number of hydrogen-bond acceptors (Lipinski definition) is 9. The zero-order chi connectivity index (χ0) is 32.2. The van der Waals surface area contributed by atoms with E-state index in [1.807, 2.05) is 11.0 Å². The largest absolute Gasteiger partial charge is 0.462 e. The molecule has 1 amide bonds. The molecule has 0 saturated carbocycles. The minimum atomic E-state index is -0.194. The van der Waals surface area contributed by atoms with Gasteiger partial charge in [-0.2, -0.15) is 15.2 Å². The Morgan fingerprint density at radius 3 is 2.70 bits per heavy atom. The van der Waals surface area contributed by atoms with E-state index >= 15 is 0 Å². The van der Waals surface area contributed by atoms with Crippen molar-refractivity contribution in [1.82, 2.24) is 24.7 Å². The second-order valence-corrected chi connectivity index (χ2v) is 14.1. The molecule has 250 valence electrons. The van der Waals surface area contributed by atoms with Gasteiger partial charge in [-0.1, -0.05) is 24.3 Å². The van der Waals surface area contributed by atoms with E-state index < -0.39 is 0 Å². The maximum Gasteiger partial charge on any atom is 0.318 e. The van der Waals surface area contributed by atoms with E-state index in [-0.39, 0.29) is 11.9 Å². The Labute approximate surface area is 280 Å². The number of anilines is 2. The molecule has 10 nitrogen and oxygen atoms in total. The summed E-state index contributed by atoms with van der Waals surface area (Å²) < 4.78 is 6.38. The number of aryl methyl sites for hydroxylation is 1. The number of amides is 1. The molecule has 3 saturated heterocycles. The molecule has 0 bridgehead atoms. The smallest absolute Gasteiger partial charge is 0.318 e. The number of carbonyl (C=O) groups is 1. The number of piperazine rings is 1. The molecule has 1 aromatic heterocycles. The van der Waals surface area contributed by atoms with E-state index in [1.165, 1.54) is 42.5 Å². The van der Waals surface area contributed by atoms with Gasteiger partial charge in [-0.15, -0.1) is 0 Å². The lowest BCUT2D eigenvalue weighted by Gasteiger charge is -2.43. The van der Waals surface area contributed by atoms with E-state index in [0.717, 1.165) is 76.3 Å². The summed E-state index contributed by atoms with van der Waals surface area (Å²) in [6, 6.07) is 12.2. The van der Waals surface area contributed by atoms with Crippen LogP contribution in [0, 0.1) is 11.3 Å². The molecule has 5 aliphatic rings. The molecule has 7 rings (SSSR count). The van der Waals surface area contributed by atoms with Crippen LogP contribution >= 0.6 is 0 Å². The lowest BCUT2D eigenvalue weighted by Crippen LogP contribution is -2.55. The zero-order valence-corrected chi connectivity index (χ0v) is 28.0. The van der Waals surface area contributed by atoms with Crippen LogP contribution in [0.2, 0.25) is 0 Å². The molecule has 3 fully saturated rings. The predicted molar refractivity (Wildman–Crippen MR) is 184 cm³/mol. The number of hydrogen-bond donors (Lipinski definition) is 0. The first-order valence-electron chi connectivity index (χ1n) is 18.0. The standard InChI is InChI=1S/C37H50N8O2/c1-41-18-7-11-31(41)27-47-37-39-33-25-29(44-22-6-10-28-9-2-3-12-34(28)44)14-15-32(33)36(40-37)43-23-24-45(30(26-43)16-17-38)35(46)13-8-21-42-19-4-5-20-42/h2-3,8-9,12-13,29-31H,4-7,10-11,14-16,18-27H2,1H3/b13-8+/t29?,30-,31-/m0/s1. The van der Waals surface area contributed by atoms with Crippen molar-refractivity contribution in [3.63, 3.8) is 0 Å². The van der Waals surface area contributed by atoms with Crippen LogP contribution < -0.4 is 14.5 Å². The first-order valence-corrected chi connectivity index (χ1v) is 18.0. The second-order valence-electron chi connectivity index (χ2n) is 14.1. The third kappa shape index (κ3) is 7.12. The fourth-order valence-electron chi connectivity index (χ4n) is 8.43. The Balaban J connectivity index is 1.12. The molecule has 47 heavy (non-hydrogen) atoms. The molecule has 0 radical (unpaired) electrons. The number of benzene rings is 1. The normalized spacial score (nSPS) is 25.2. The number of aromatic nitrogens is 2. The number of nitriles is 1. The van der Waals surface area contributed by atoms with Gasteiger partial charge < -0.3 is 24.3 Å². The summed E-state index contributed by atoms with van der Waals surface area (Å²) in [6.45, 7) is 7.59. The summed E-state index contributed by atoms with van der Waals surface area (Å²) in [5, 5.41) is 9.76. The Bertz CT molecular complexity index is 1480. The van der Waals surface area contributed by atoms with Crippen molar-refractivity contribution in [3.8, 4) is 12.1 Å². The molecule has 5 heterocycles. The van der Waals surface area contributed by atoms with Crippen LogP contribution in [-0.4, -0.2) is 115 Å². The third-order valence-electron chi connectivity index (χ3n) is 11.1. The van der Waals surface area contributed by atoms with E-state index in [0.29, 0.717) is 50.8 Å². The summed E-state index contributed by atoms with van der Waals surface area (Å²) in [7, 11) is 2.17. The van der Waals surface area contributed by atoms with Gasteiger partial charge in [0.2, 0.25) is 5.91 Å². The average molecular weight is 639 g/mol. The summed E-state index contributed by atoms with van der Waals surface area (Å²) >= 11 is 0. The van der Waals surface area contributed by atoms with Crippen LogP contribution in [0.5, 0.6) is 6.01 Å². The SMILES string of the molecule is CN1CCC[C@H]1COc1nc2c(c(N3CCN(C(=O)/C=C/CN4CCCC4)[C@@H](CC#N)C3)n1)CCC(N1CCCc3ccccc31)C2. The van der Waals surface area contributed by atoms with Gasteiger partial charge in [-0.25, -0.2) is 0 Å². The maximum atomic E-state index is 13.3. The molecular formula is C37H50N8O2. The zero-order valence-electron chi connectivity index (χ0n) is 28.0. The minimum Gasteiger partial charge on any atom is -0.462 e. The van der Waals surface area contributed by atoms with Crippen LogP contribution in [0.3, 0.4) is 0 Å². The Hall–Kier alpha value is -3.68. The molecular weight excluding hydrogens is 588 g/mol. The van der Waals surface area contributed by atoms with E-state index in [1.54, 1.807) is 6.08 Å². The molecule has 0 N–H and O–H groups in total. The topological polar surface area (TPSA) is 92.1 Å².